The van der Waals surface area contributed by atoms with Gasteiger partial charge in [0, 0.05) is 49.6 Å². The molecule has 4 rings (SSSR count). The molecule has 6 heteroatoms. The maximum absolute atomic E-state index is 4.82. The molecule has 1 saturated heterocycles. The fourth-order valence-electron chi connectivity index (χ4n) is 4.29. The van der Waals surface area contributed by atoms with Crippen molar-refractivity contribution in [3.05, 3.63) is 34.3 Å². The average Bonchev–Trinajstić information content (AvgIpc) is 3.21. The standard InChI is InChI=1S/C17H25N5S/c1-3-21-9-10-22-14(2)12-19-16(22)17(21)4-7-20(8-5-17)13-15-18-6-11-23-15/h6,11-12H,3-5,7-10,13H2,1-2H3. The molecule has 5 nitrogen and oxygen atoms in total. The van der Waals surface area contributed by atoms with E-state index in [4.69, 9.17) is 4.98 Å². The quantitative estimate of drug-likeness (QED) is 0.866. The van der Waals surface area contributed by atoms with Crippen LogP contribution >= 0.6 is 11.3 Å². The number of rotatable bonds is 3. The van der Waals surface area contributed by atoms with Gasteiger partial charge in [0.15, 0.2) is 0 Å². The van der Waals surface area contributed by atoms with Crippen LogP contribution in [0.25, 0.3) is 0 Å². The number of nitrogens with zero attached hydrogens (tertiary/aromatic N) is 5. The Hall–Kier alpha value is -1.24. The fraction of sp³-hybridized carbons (Fsp3) is 0.647. The summed E-state index contributed by atoms with van der Waals surface area (Å²) in [4.78, 5) is 14.5. The van der Waals surface area contributed by atoms with Crippen molar-refractivity contribution in [1.82, 2.24) is 24.3 Å². The summed E-state index contributed by atoms with van der Waals surface area (Å²) in [5, 5.41) is 3.30. The highest BCUT2D eigenvalue weighted by molar-refractivity contribution is 7.09. The third-order valence-corrected chi connectivity index (χ3v) is 6.34. The largest absolute Gasteiger partial charge is 0.329 e. The van der Waals surface area contributed by atoms with Gasteiger partial charge in [0.25, 0.3) is 0 Å². The molecule has 0 atom stereocenters. The third-order valence-electron chi connectivity index (χ3n) is 5.58. The maximum Gasteiger partial charge on any atom is 0.129 e. The second-order valence-electron chi connectivity index (χ2n) is 6.69. The zero-order valence-electron chi connectivity index (χ0n) is 14.0. The average molecular weight is 331 g/mol. The van der Waals surface area contributed by atoms with Crippen molar-refractivity contribution >= 4 is 11.3 Å². The summed E-state index contributed by atoms with van der Waals surface area (Å²) < 4.78 is 2.45. The number of likely N-dealkylation sites (N-methyl/N-ethyl adjacent to an activating group) is 1. The predicted molar refractivity (Wildman–Crippen MR) is 92.5 cm³/mol. The lowest BCUT2D eigenvalue weighted by Crippen LogP contribution is -2.57. The minimum Gasteiger partial charge on any atom is -0.329 e. The molecular formula is C17H25N5S. The molecule has 124 valence electrons. The van der Waals surface area contributed by atoms with Crippen molar-refractivity contribution in [1.29, 1.82) is 0 Å². The molecule has 2 aromatic heterocycles. The van der Waals surface area contributed by atoms with Gasteiger partial charge in [-0.15, -0.1) is 11.3 Å². The van der Waals surface area contributed by atoms with Crippen LogP contribution in [0.2, 0.25) is 0 Å². The maximum atomic E-state index is 4.82. The summed E-state index contributed by atoms with van der Waals surface area (Å²) in [6, 6.07) is 0. The summed E-state index contributed by atoms with van der Waals surface area (Å²) in [7, 11) is 0. The molecule has 1 fully saturated rings. The van der Waals surface area contributed by atoms with E-state index in [1.807, 2.05) is 6.20 Å². The Morgan fingerprint density at radius 1 is 1.17 bits per heavy atom. The van der Waals surface area contributed by atoms with Crippen LogP contribution in [0.1, 0.15) is 36.3 Å². The molecule has 0 radical (unpaired) electrons. The lowest BCUT2D eigenvalue weighted by atomic mass is 9.83. The van der Waals surface area contributed by atoms with E-state index in [9.17, 15) is 0 Å². The first-order chi connectivity index (χ1) is 11.2. The Kier molecular flexibility index (Phi) is 3.99. The highest BCUT2D eigenvalue weighted by Gasteiger charge is 2.46. The summed E-state index contributed by atoms with van der Waals surface area (Å²) >= 11 is 1.76. The van der Waals surface area contributed by atoms with Crippen LogP contribution in [0.15, 0.2) is 17.8 Å². The van der Waals surface area contributed by atoms with E-state index < -0.39 is 0 Å². The van der Waals surface area contributed by atoms with Crippen molar-refractivity contribution in [2.24, 2.45) is 0 Å². The fourth-order valence-corrected chi connectivity index (χ4v) is 4.95. The first-order valence-electron chi connectivity index (χ1n) is 8.61. The molecule has 0 aromatic carbocycles. The smallest absolute Gasteiger partial charge is 0.129 e. The van der Waals surface area contributed by atoms with E-state index in [2.05, 4.69) is 44.8 Å². The normalized spacial score (nSPS) is 21.7. The zero-order valence-corrected chi connectivity index (χ0v) is 14.8. The molecule has 1 spiro atoms. The molecule has 0 amide bonds. The number of aryl methyl sites for hydroxylation is 1. The lowest BCUT2D eigenvalue weighted by molar-refractivity contribution is -0.00835. The molecule has 0 N–H and O–H groups in total. The summed E-state index contributed by atoms with van der Waals surface area (Å²) in [6.07, 6.45) is 6.30. The minimum atomic E-state index is 0.140. The van der Waals surface area contributed by atoms with Crippen molar-refractivity contribution in [2.45, 2.75) is 45.3 Å². The Labute approximate surface area is 142 Å². The molecule has 23 heavy (non-hydrogen) atoms. The molecule has 2 aromatic rings. The van der Waals surface area contributed by atoms with Gasteiger partial charge in [0.1, 0.15) is 10.8 Å². The van der Waals surface area contributed by atoms with Gasteiger partial charge >= 0.3 is 0 Å². The Balaban J connectivity index is 1.56. The summed E-state index contributed by atoms with van der Waals surface area (Å²) in [6.45, 7) is 11.1. The number of piperidine rings is 1. The molecule has 2 aliphatic heterocycles. The van der Waals surface area contributed by atoms with Crippen molar-refractivity contribution in [2.75, 3.05) is 26.2 Å². The number of hydrogen-bond donors (Lipinski definition) is 0. The molecule has 4 heterocycles. The van der Waals surface area contributed by atoms with Crippen LogP contribution in [0.3, 0.4) is 0 Å². The number of hydrogen-bond acceptors (Lipinski definition) is 5. The van der Waals surface area contributed by atoms with Gasteiger partial charge in [0.05, 0.1) is 12.1 Å². The van der Waals surface area contributed by atoms with Crippen LogP contribution in [0.5, 0.6) is 0 Å². The van der Waals surface area contributed by atoms with Crippen molar-refractivity contribution in [3.63, 3.8) is 0 Å². The minimum absolute atomic E-state index is 0.140. The Morgan fingerprint density at radius 3 is 2.70 bits per heavy atom. The molecule has 0 saturated carbocycles. The number of thiazole rings is 1. The second kappa shape index (κ2) is 6.00. The highest BCUT2D eigenvalue weighted by Crippen LogP contribution is 2.41. The Morgan fingerprint density at radius 2 is 2.00 bits per heavy atom. The van der Waals surface area contributed by atoms with Crippen LogP contribution in [0, 0.1) is 6.92 Å². The first kappa shape index (κ1) is 15.3. The predicted octanol–water partition coefficient (Wildman–Crippen LogP) is 2.47. The summed E-state index contributed by atoms with van der Waals surface area (Å²) in [5.41, 5.74) is 1.45. The molecule has 0 bridgehead atoms. The van der Waals surface area contributed by atoms with Crippen molar-refractivity contribution in [3.8, 4) is 0 Å². The summed E-state index contributed by atoms with van der Waals surface area (Å²) in [5.74, 6) is 1.30. The van der Waals surface area contributed by atoms with Gasteiger partial charge in [-0.05, 0) is 26.3 Å². The van der Waals surface area contributed by atoms with Gasteiger partial charge in [-0.2, -0.15) is 0 Å². The van der Waals surface area contributed by atoms with Gasteiger partial charge in [-0.3, -0.25) is 9.80 Å². The molecular weight excluding hydrogens is 306 g/mol. The van der Waals surface area contributed by atoms with Gasteiger partial charge in [-0.25, -0.2) is 9.97 Å². The molecule has 2 aliphatic rings. The topological polar surface area (TPSA) is 37.2 Å². The van der Waals surface area contributed by atoms with E-state index in [-0.39, 0.29) is 5.54 Å². The molecule has 0 aliphatic carbocycles. The number of imidazole rings is 1. The lowest BCUT2D eigenvalue weighted by Gasteiger charge is -2.50. The monoisotopic (exact) mass is 331 g/mol. The van der Waals surface area contributed by atoms with E-state index >= 15 is 0 Å². The van der Waals surface area contributed by atoms with E-state index in [1.165, 1.54) is 29.4 Å². The highest BCUT2D eigenvalue weighted by atomic mass is 32.1. The number of likely N-dealkylation sites (tertiary alicyclic amines) is 1. The second-order valence-corrected chi connectivity index (χ2v) is 7.67. The number of fused-ring (bicyclic) bond motifs is 2. The van der Waals surface area contributed by atoms with Crippen molar-refractivity contribution < 1.29 is 0 Å². The Bertz CT molecular complexity index is 655. The van der Waals surface area contributed by atoms with E-state index in [1.54, 1.807) is 11.3 Å². The van der Waals surface area contributed by atoms with Crippen LogP contribution in [0.4, 0.5) is 0 Å². The van der Waals surface area contributed by atoms with Crippen LogP contribution in [-0.4, -0.2) is 50.5 Å². The van der Waals surface area contributed by atoms with Crippen LogP contribution in [-0.2, 0) is 18.6 Å². The van der Waals surface area contributed by atoms with Gasteiger partial charge in [-0.1, -0.05) is 6.92 Å². The number of aromatic nitrogens is 3. The first-order valence-corrected chi connectivity index (χ1v) is 9.49. The third kappa shape index (κ3) is 2.53. The van der Waals surface area contributed by atoms with Crippen LogP contribution < -0.4 is 0 Å². The zero-order chi connectivity index (χ0) is 15.9. The SMILES string of the molecule is CCN1CCn2c(C)cnc2C12CCN(Cc1nccs1)CC2. The van der Waals surface area contributed by atoms with E-state index in [0.717, 1.165) is 39.3 Å². The molecule has 0 unspecified atom stereocenters. The van der Waals surface area contributed by atoms with Gasteiger partial charge in [0.2, 0.25) is 0 Å². The van der Waals surface area contributed by atoms with Gasteiger partial charge < -0.3 is 4.57 Å². The van der Waals surface area contributed by atoms with E-state index in [0.29, 0.717) is 0 Å².